The minimum Gasteiger partial charge on any atom is -0.469 e. The molecule has 0 amide bonds. The van der Waals surface area contributed by atoms with Crippen molar-refractivity contribution < 1.29 is 32.6 Å². The Morgan fingerprint density at radius 1 is 1.24 bits per heavy atom. The molecule has 8 nitrogen and oxygen atoms in total. The van der Waals surface area contributed by atoms with E-state index in [1.54, 1.807) is 0 Å². The number of esters is 1. The van der Waals surface area contributed by atoms with Gasteiger partial charge in [-0.2, -0.15) is 8.78 Å². The lowest BCUT2D eigenvalue weighted by Crippen LogP contribution is -2.37. The van der Waals surface area contributed by atoms with Gasteiger partial charge in [0.15, 0.2) is 5.69 Å². The zero-order valence-corrected chi connectivity index (χ0v) is 17.5. The quantitative estimate of drug-likeness (QED) is 0.601. The van der Waals surface area contributed by atoms with Crippen LogP contribution in [0.4, 0.5) is 8.78 Å². The van der Waals surface area contributed by atoms with Crippen molar-refractivity contribution in [3.63, 3.8) is 0 Å². The van der Waals surface area contributed by atoms with Gasteiger partial charge in [-0.25, -0.2) is 4.68 Å². The summed E-state index contributed by atoms with van der Waals surface area (Å²) in [5, 5.41) is 7.73. The average molecular weight is 417 g/mol. The summed E-state index contributed by atoms with van der Waals surface area (Å²) >= 11 is 0. The van der Waals surface area contributed by atoms with Gasteiger partial charge in [-0.05, 0) is 19.8 Å². The van der Waals surface area contributed by atoms with Gasteiger partial charge in [0.05, 0.1) is 31.4 Å². The Morgan fingerprint density at radius 2 is 1.93 bits per heavy atom. The minimum absolute atomic E-state index is 0.0374. The van der Waals surface area contributed by atoms with Crippen LogP contribution >= 0.6 is 0 Å². The number of hydrogen-bond acceptors (Lipinski definition) is 7. The molecule has 10 heteroatoms. The van der Waals surface area contributed by atoms with E-state index in [1.807, 2.05) is 13.8 Å². The third-order valence-electron chi connectivity index (χ3n) is 5.53. The van der Waals surface area contributed by atoms with Gasteiger partial charge in [0.1, 0.15) is 11.9 Å². The number of methoxy groups -OCH3 is 3. The minimum atomic E-state index is -3.37. The second-order valence-corrected chi connectivity index (χ2v) is 7.34. The van der Waals surface area contributed by atoms with E-state index in [-0.39, 0.29) is 31.0 Å². The molecule has 0 spiro atoms. The molecule has 0 aliphatic heterocycles. The van der Waals surface area contributed by atoms with Crippen LogP contribution in [0.2, 0.25) is 0 Å². The lowest BCUT2D eigenvalue weighted by atomic mass is 9.82. The fourth-order valence-corrected chi connectivity index (χ4v) is 3.65. The molecule has 0 aromatic carbocycles. The highest BCUT2D eigenvalue weighted by atomic mass is 19.3. The number of carbonyl (C=O) groups is 2. The molecule has 1 aliphatic rings. The van der Waals surface area contributed by atoms with E-state index in [1.165, 1.54) is 26.0 Å². The van der Waals surface area contributed by atoms with Crippen LogP contribution in [0.25, 0.3) is 0 Å². The fraction of sp³-hybridized carbons (Fsp3) is 0.789. The molecule has 29 heavy (non-hydrogen) atoms. The van der Waals surface area contributed by atoms with Crippen LogP contribution in [0.1, 0.15) is 69.5 Å². The van der Waals surface area contributed by atoms with Crippen LogP contribution in [-0.4, -0.2) is 54.2 Å². The molecule has 1 heterocycles. The number of carbonyl (C=O) groups excluding carboxylic acids is 2. The Balaban J connectivity index is 2.45. The zero-order valence-electron chi connectivity index (χ0n) is 17.5. The van der Waals surface area contributed by atoms with E-state index in [9.17, 15) is 9.59 Å². The first-order valence-electron chi connectivity index (χ1n) is 9.68. The number of nitrogens with zero attached hydrogens (tertiary/aromatic N) is 3. The molecule has 2 rings (SSSR count). The van der Waals surface area contributed by atoms with Gasteiger partial charge in [-0.15, -0.1) is 5.10 Å². The molecule has 1 aliphatic carbocycles. The van der Waals surface area contributed by atoms with Crippen molar-refractivity contribution in [3.8, 4) is 0 Å². The molecule has 1 aromatic rings. The lowest BCUT2D eigenvalue weighted by molar-refractivity contribution is -0.143. The Kier molecular flexibility index (Phi) is 7.81. The van der Waals surface area contributed by atoms with E-state index < -0.39 is 47.9 Å². The van der Waals surface area contributed by atoms with E-state index in [2.05, 4.69) is 15.0 Å². The standard InChI is InChI=1S/C19H29F2N3O5/c1-6-11(2)24-16-17(29-5)14(27-3)9-12(13(25)7-8-15(26)28-4)10-19(20,21)18(16)22-23-24/h11-12,14,17H,6-10H2,1-5H3/t11?,12?,14-,17+/m0/s1. The number of rotatable bonds is 8. The zero-order chi connectivity index (χ0) is 21.8. The predicted octanol–water partition coefficient (Wildman–Crippen LogP) is 2.98. The van der Waals surface area contributed by atoms with E-state index >= 15 is 8.78 Å². The molecular weight excluding hydrogens is 388 g/mol. The maximum atomic E-state index is 15.2. The number of ether oxygens (including phenoxy) is 3. The highest BCUT2D eigenvalue weighted by Crippen LogP contribution is 2.44. The smallest absolute Gasteiger partial charge is 0.305 e. The summed E-state index contributed by atoms with van der Waals surface area (Å²) in [4.78, 5) is 24.0. The molecule has 0 radical (unpaired) electrons. The Morgan fingerprint density at radius 3 is 2.48 bits per heavy atom. The number of Topliss-reactive ketones (excluding diaryl/α,β-unsaturated/α-hetero) is 1. The SMILES string of the molecule is CCC(C)n1nnc2c1[C@H](OC)[C@@H](OC)CC(C(=O)CCC(=O)OC)CC2(F)F. The second kappa shape index (κ2) is 9.71. The highest BCUT2D eigenvalue weighted by Gasteiger charge is 2.48. The van der Waals surface area contributed by atoms with Crippen molar-refractivity contribution in [1.82, 2.24) is 15.0 Å². The van der Waals surface area contributed by atoms with Gasteiger partial charge in [0.2, 0.25) is 0 Å². The average Bonchev–Trinajstić information content (AvgIpc) is 3.14. The van der Waals surface area contributed by atoms with Gasteiger partial charge < -0.3 is 14.2 Å². The number of halogens is 2. The summed E-state index contributed by atoms with van der Waals surface area (Å²) in [5.41, 5.74) is -0.309. The van der Waals surface area contributed by atoms with E-state index in [0.717, 1.165) is 0 Å². The van der Waals surface area contributed by atoms with Crippen LogP contribution in [0.3, 0.4) is 0 Å². The molecule has 0 bridgehead atoms. The highest BCUT2D eigenvalue weighted by molar-refractivity contribution is 5.84. The maximum Gasteiger partial charge on any atom is 0.305 e. The summed E-state index contributed by atoms with van der Waals surface area (Å²) in [7, 11) is 4.06. The lowest BCUT2D eigenvalue weighted by Gasteiger charge is -2.34. The Labute approximate surface area is 168 Å². The van der Waals surface area contributed by atoms with Gasteiger partial charge >= 0.3 is 5.97 Å². The van der Waals surface area contributed by atoms with Crippen molar-refractivity contribution >= 4 is 11.8 Å². The van der Waals surface area contributed by atoms with Crippen molar-refractivity contribution in [2.24, 2.45) is 5.92 Å². The summed E-state index contributed by atoms with van der Waals surface area (Å²) in [6.07, 6.45) is -1.86. The van der Waals surface area contributed by atoms with Crippen molar-refractivity contribution in [2.45, 2.75) is 70.1 Å². The molecule has 0 N–H and O–H groups in total. The van der Waals surface area contributed by atoms with E-state index in [0.29, 0.717) is 6.42 Å². The van der Waals surface area contributed by atoms with Crippen LogP contribution in [0.15, 0.2) is 0 Å². The van der Waals surface area contributed by atoms with Gasteiger partial charge in [-0.1, -0.05) is 12.1 Å². The van der Waals surface area contributed by atoms with Crippen molar-refractivity contribution in [3.05, 3.63) is 11.4 Å². The summed E-state index contributed by atoms with van der Waals surface area (Å²) in [6, 6.07) is -0.158. The van der Waals surface area contributed by atoms with Crippen LogP contribution in [0.5, 0.6) is 0 Å². The predicted molar refractivity (Wildman–Crippen MR) is 98.4 cm³/mol. The second-order valence-electron chi connectivity index (χ2n) is 7.34. The third kappa shape index (κ3) is 4.98. The number of ketones is 1. The number of alkyl halides is 2. The largest absolute Gasteiger partial charge is 0.469 e. The Hall–Kier alpha value is -1.94. The van der Waals surface area contributed by atoms with Crippen molar-refractivity contribution in [1.29, 1.82) is 0 Å². The normalized spacial score (nSPS) is 24.9. The van der Waals surface area contributed by atoms with Gasteiger partial charge in [-0.3, -0.25) is 9.59 Å². The monoisotopic (exact) mass is 417 g/mol. The first kappa shape index (κ1) is 23.3. The Bertz CT molecular complexity index is 725. The first-order chi connectivity index (χ1) is 13.7. The molecular formula is C19H29F2N3O5. The van der Waals surface area contributed by atoms with Crippen LogP contribution < -0.4 is 0 Å². The maximum absolute atomic E-state index is 15.2. The molecule has 2 unspecified atom stereocenters. The molecule has 164 valence electrons. The fourth-order valence-electron chi connectivity index (χ4n) is 3.65. The van der Waals surface area contributed by atoms with Gasteiger partial charge in [0.25, 0.3) is 5.92 Å². The summed E-state index contributed by atoms with van der Waals surface area (Å²) < 4.78 is 47.4. The van der Waals surface area contributed by atoms with Crippen molar-refractivity contribution in [2.75, 3.05) is 21.3 Å². The first-order valence-corrected chi connectivity index (χ1v) is 9.68. The number of aromatic nitrogens is 3. The summed E-state index contributed by atoms with van der Waals surface area (Å²) in [6.45, 7) is 3.78. The number of fused-ring (bicyclic) bond motifs is 1. The van der Waals surface area contributed by atoms with Gasteiger partial charge in [0, 0.05) is 33.0 Å². The van der Waals surface area contributed by atoms with E-state index in [4.69, 9.17) is 9.47 Å². The molecule has 0 saturated carbocycles. The van der Waals surface area contributed by atoms with Crippen LogP contribution in [-0.2, 0) is 29.7 Å². The summed E-state index contributed by atoms with van der Waals surface area (Å²) in [5.74, 6) is -5.39. The topological polar surface area (TPSA) is 92.5 Å². The molecule has 1 aromatic heterocycles. The molecule has 0 fully saturated rings. The third-order valence-corrected chi connectivity index (χ3v) is 5.53. The van der Waals surface area contributed by atoms with Crippen LogP contribution in [0, 0.1) is 5.92 Å². The molecule has 0 saturated heterocycles. The molecule has 4 atom stereocenters. The number of hydrogen-bond donors (Lipinski definition) is 0.